The van der Waals surface area contributed by atoms with Crippen LogP contribution in [0, 0.1) is 0 Å². The van der Waals surface area contributed by atoms with Crippen molar-refractivity contribution >= 4 is 15.9 Å². The zero-order valence-electron chi connectivity index (χ0n) is 8.31. The first-order chi connectivity index (χ1) is 7.31. The minimum atomic E-state index is 0.727. The van der Waals surface area contributed by atoms with Crippen LogP contribution in [0.4, 0.5) is 0 Å². The van der Waals surface area contributed by atoms with E-state index in [0.29, 0.717) is 0 Å². The molecule has 0 aliphatic carbocycles. The molecule has 15 heavy (non-hydrogen) atoms. The number of para-hydroxylation sites is 1. The molecule has 0 bridgehead atoms. The Morgan fingerprint density at radius 1 is 1.40 bits per heavy atom. The fraction of sp³-hybridized carbons (Fsp3) is 0.200. The third kappa shape index (κ3) is 2.24. The van der Waals surface area contributed by atoms with Crippen molar-refractivity contribution in [1.82, 2.24) is 20.3 Å². The van der Waals surface area contributed by atoms with Crippen LogP contribution in [-0.4, -0.2) is 22.0 Å². The normalized spacial score (nSPS) is 10.5. The van der Waals surface area contributed by atoms with Crippen molar-refractivity contribution in [1.29, 1.82) is 0 Å². The molecule has 78 valence electrons. The van der Waals surface area contributed by atoms with Crippen molar-refractivity contribution in [2.24, 2.45) is 0 Å². The molecule has 1 aromatic heterocycles. The number of hydrogen-bond acceptors (Lipinski definition) is 3. The Labute approximate surface area is 96.4 Å². The van der Waals surface area contributed by atoms with Crippen LogP contribution in [0.25, 0.3) is 5.69 Å². The lowest BCUT2D eigenvalue weighted by Gasteiger charge is -2.01. The molecular weight excluding hydrogens is 256 g/mol. The van der Waals surface area contributed by atoms with E-state index in [4.69, 9.17) is 0 Å². The minimum absolute atomic E-state index is 0.727. The second kappa shape index (κ2) is 4.55. The van der Waals surface area contributed by atoms with Crippen LogP contribution >= 0.6 is 15.9 Å². The van der Waals surface area contributed by atoms with E-state index in [9.17, 15) is 0 Å². The number of aromatic nitrogens is 3. The molecule has 0 saturated carbocycles. The molecular formula is C10H11BrN4. The van der Waals surface area contributed by atoms with Crippen molar-refractivity contribution in [2.75, 3.05) is 7.05 Å². The molecule has 5 heteroatoms. The number of hydrogen-bond donors (Lipinski definition) is 1. The summed E-state index contributed by atoms with van der Waals surface area (Å²) in [5, 5.41) is 11.2. The van der Waals surface area contributed by atoms with Gasteiger partial charge in [-0.2, -0.15) is 0 Å². The Hall–Kier alpha value is -1.20. The topological polar surface area (TPSA) is 42.7 Å². The molecule has 1 aromatic carbocycles. The maximum atomic E-state index is 4.06. The summed E-state index contributed by atoms with van der Waals surface area (Å²) in [4.78, 5) is 0. The Kier molecular flexibility index (Phi) is 3.13. The lowest BCUT2D eigenvalue weighted by atomic mass is 10.3. The summed E-state index contributed by atoms with van der Waals surface area (Å²) < 4.78 is 2.77. The number of nitrogens with zero attached hydrogens (tertiary/aromatic N) is 3. The molecule has 0 radical (unpaired) electrons. The van der Waals surface area contributed by atoms with Gasteiger partial charge in [-0.1, -0.05) is 17.3 Å². The summed E-state index contributed by atoms with van der Waals surface area (Å²) >= 11 is 3.48. The molecule has 2 aromatic rings. The van der Waals surface area contributed by atoms with Crippen molar-refractivity contribution in [3.05, 3.63) is 40.6 Å². The van der Waals surface area contributed by atoms with Gasteiger partial charge >= 0.3 is 0 Å². The monoisotopic (exact) mass is 266 g/mol. The van der Waals surface area contributed by atoms with E-state index in [1.165, 1.54) is 0 Å². The smallest absolute Gasteiger partial charge is 0.0969 e. The van der Waals surface area contributed by atoms with Crippen LogP contribution in [-0.2, 0) is 6.54 Å². The van der Waals surface area contributed by atoms with Gasteiger partial charge in [-0.3, -0.25) is 0 Å². The van der Waals surface area contributed by atoms with Crippen LogP contribution in [0.15, 0.2) is 34.9 Å². The van der Waals surface area contributed by atoms with Gasteiger partial charge < -0.3 is 5.32 Å². The van der Waals surface area contributed by atoms with E-state index in [0.717, 1.165) is 22.4 Å². The summed E-state index contributed by atoms with van der Waals surface area (Å²) in [6, 6.07) is 7.91. The van der Waals surface area contributed by atoms with Crippen molar-refractivity contribution in [2.45, 2.75) is 6.54 Å². The van der Waals surface area contributed by atoms with Crippen LogP contribution in [0.2, 0.25) is 0 Å². The summed E-state index contributed by atoms with van der Waals surface area (Å²) in [6.45, 7) is 0.727. The largest absolute Gasteiger partial charge is 0.314 e. The van der Waals surface area contributed by atoms with Gasteiger partial charge in [0.25, 0.3) is 0 Å². The maximum absolute atomic E-state index is 4.06. The quantitative estimate of drug-likeness (QED) is 0.921. The van der Waals surface area contributed by atoms with Gasteiger partial charge in [0.1, 0.15) is 0 Å². The van der Waals surface area contributed by atoms with Crippen LogP contribution in [0.3, 0.4) is 0 Å². The van der Waals surface area contributed by atoms with E-state index < -0.39 is 0 Å². The summed E-state index contributed by atoms with van der Waals surface area (Å²) in [5.41, 5.74) is 1.92. The number of nitrogens with one attached hydrogen (secondary N) is 1. The molecule has 0 aliphatic rings. The van der Waals surface area contributed by atoms with Crippen LogP contribution in [0.5, 0.6) is 0 Å². The van der Waals surface area contributed by atoms with E-state index >= 15 is 0 Å². The van der Waals surface area contributed by atoms with Gasteiger partial charge in [-0.05, 0) is 35.1 Å². The van der Waals surface area contributed by atoms with E-state index in [2.05, 4.69) is 31.6 Å². The van der Waals surface area contributed by atoms with Gasteiger partial charge in [0.05, 0.1) is 17.6 Å². The fourth-order valence-electron chi connectivity index (χ4n) is 1.32. The van der Waals surface area contributed by atoms with Crippen molar-refractivity contribution in [3.8, 4) is 5.69 Å². The zero-order valence-corrected chi connectivity index (χ0v) is 9.90. The standard InChI is InChI=1S/C10H11BrN4/c1-12-6-8-7-15(14-13-8)10-5-3-2-4-9(10)11/h2-5,7,12H,6H2,1H3. The highest BCUT2D eigenvalue weighted by atomic mass is 79.9. The third-order valence-electron chi connectivity index (χ3n) is 2.00. The Bertz CT molecular complexity index is 452. The third-order valence-corrected chi connectivity index (χ3v) is 2.67. The van der Waals surface area contributed by atoms with E-state index in [1.807, 2.05) is 37.5 Å². The van der Waals surface area contributed by atoms with Crippen LogP contribution < -0.4 is 5.32 Å². The number of benzene rings is 1. The molecule has 0 unspecified atom stereocenters. The maximum Gasteiger partial charge on any atom is 0.0969 e. The summed E-state index contributed by atoms with van der Waals surface area (Å²) in [5.74, 6) is 0. The SMILES string of the molecule is CNCc1cn(-c2ccccc2Br)nn1. The number of rotatable bonds is 3. The molecule has 1 heterocycles. The summed E-state index contributed by atoms with van der Waals surface area (Å²) in [6.07, 6.45) is 1.91. The highest BCUT2D eigenvalue weighted by Crippen LogP contribution is 2.19. The van der Waals surface area contributed by atoms with E-state index in [-0.39, 0.29) is 0 Å². The summed E-state index contributed by atoms with van der Waals surface area (Å²) in [7, 11) is 1.89. The first-order valence-electron chi connectivity index (χ1n) is 4.62. The zero-order chi connectivity index (χ0) is 10.7. The van der Waals surface area contributed by atoms with Crippen LogP contribution in [0.1, 0.15) is 5.69 Å². The molecule has 0 spiro atoms. The van der Waals surface area contributed by atoms with Gasteiger partial charge in [-0.25, -0.2) is 4.68 Å². The average Bonchev–Trinajstić information content (AvgIpc) is 2.68. The number of halogens is 1. The van der Waals surface area contributed by atoms with Crippen molar-refractivity contribution < 1.29 is 0 Å². The average molecular weight is 267 g/mol. The van der Waals surface area contributed by atoms with Gasteiger partial charge in [0, 0.05) is 11.0 Å². The Morgan fingerprint density at radius 2 is 2.20 bits per heavy atom. The lowest BCUT2D eigenvalue weighted by molar-refractivity contribution is 0.766. The predicted molar refractivity (Wildman–Crippen MR) is 61.8 cm³/mol. The van der Waals surface area contributed by atoms with E-state index in [1.54, 1.807) is 4.68 Å². The molecule has 0 amide bonds. The highest BCUT2D eigenvalue weighted by molar-refractivity contribution is 9.10. The second-order valence-electron chi connectivity index (χ2n) is 3.14. The van der Waals surface area contributed by atoms with Gasteiger partial charge in [0.2, 0.25) is 0 Å². The predicted octanol–water partition coefficient (Wildman–Crippen LogP) is 1.75. The molecule has 4 nitrogen and oxygen atoms in total. The van der Waals surface area contributed by atoms with Gasteiger partial charge in [-0.15, -0.1) is 5.10 Å². The second-order valence-corrected chi connectivity index (χ2v) is 3.99. The molecule has 1 N–H and O–H groups in total. The fourth-order valence-corrected chi connectivity index (χ4v) is 1.78. The minimum Gasteiger partial charge on any atom is -0.314 e. The highest BCUT2D eigenvalue weighted by Gasteiger charge is 2.04. The molecule has 0 aliphatic heterocycles. The first-order valence-corrected chi connectivity index (χ1v) is 5.41. The Balaban J connectivity index is 2.33. The first kappa shape index (κ1) is 10.3. The molecule has 2 rings (SSSR count). The molecule has 0 atom stereocenters. The Morgan fingerprint density at radius 3 is 2.93 bits per heavy atom. The van der Waals surface area contributed by atoms with Gasteiger partial charge in [0.15, 0.2) is 0 Å². The molecule has 0 fully saturated rings. The lowest BCUT2D eigenvalue weighted by Crippen LogP contribution is -2.05. The van der Waals surface area contributed by atoms with Crippen molar-refractivity contribution in [3.63, 3.8) is 0 Å². The molecule has 0 saturated heterocycles.